The molecule has 9 unspecified atom stereocenters. The first kappa shape index (κ1) is 46.3. The number of aldehydes is 1. The largest absolute Gasteiger partial charge is 0.396 e. The molecular weight excluding hydrogens is 753 g/mol. The van der Waals surface area contributed by atoms with E-state index in [9.17, 15) is 25.2 Å². The summed E-state index contributed by atoms with van der Waals surface area (Å²) in [5.41, 5.74) is 2.75. The quantitative estimate of drug-likeness (QED) is 0.0352. The van der Waals surface area contributed by atoms with Crippen molar-refractivity contribution in [1.82, 2.24) is 10.6 Å². The Hall–Kier alpha value is -3.25. The highest BCUT2D eigenvalue weighted by molar-refractivity contribution is 5.75. The molecule has 4 bridgehead atoms. The lowest BCUT2D eigenvalue weighted by molar-refractivity contribution is -0.233. The Morgan fingerprint density at radius 3 is 2.62 bits per heavy atom. The number of nitrogens with one attached hydrogen (secondary N) is 2. The summed E-state index contributed by atoms with van der Waals surface area (Å²) >= 11 is 0. The second-order valence-electron chi connectivity index (χ2n) is 18.8. The third-order valence-electron chi connectivity index (χ3n) is 15.0. The topological polar surface area (TPSA) is 141 Å². The highest BCUT2D eigenvalue weighted by atomic mass is 16.5. The molecule has 1 aromatic carbocycles. The summed E-state index contributed by atoms with van der Waals surface area (Å²) in [4.78, 5) is 12.6. The van der Waals surface area contributed by atoms with E-state index in [2.05, 4.69) is 79.6 Å². The number of rotatable bonds is 17. The zero-order chi connectivity index (χ0) is 43.2. The molecule has 2 fully saturated rings. The molecule has 60 heavy (non-hydrogen) atoms. The summed E-state index contributed by atoms with van der Waals surface area (Å²) in [5, 5.41) is 54.0. The molecule has 0 amide bonds. The third kappa shape index (κ3) is 8.84. The minimum Gasteiger partial charge on any atom is -0.396 e. The zero-order valence-electron chi connectivity index (χ0n) is 36.8. The van der Waals surface area contributed by atoms with Crippen LogP contribution in [0.5, 0.6) is 0 Å². The van der Waals surface area contributed by atoms with Crippen molar-refractivity contribution in [2.24, 2.45) is 34.5 Å². The van der Waals surface area contributed by atoms with Crippen molar-refractivity contribution >= 4 is 6.29 Å². The van der Waals surface area contributed by atoms with Gasteiger partial charge >= 0.3 is 0 Å². The Kier molecular flexibility index (Phi) is 15.0. The fraction of sp³-hybridized carbons (Fsp3) is 0.588. The minimum absolute atomic E-state index is 0.0715. The van der Waals surface area contributed by atoms with Gasteiger partial charge in [-0.2, -0.15) is 0 Å². The molecule has 6 rings (SSSR count). The Labute approximate surface area is 359 Å². The Morgan fingerprint density at radius 2 is 1.88 bits per heavy atom. The van der Waals surface area contributed by atoms with Gasteiger partial charge < -0.3 is 40.5 Å². The highest BCUT2D eigenvalue weighted by Gasteiger charge is 2.77. The number of carbonyl (C=O) groups is 1. The van der Waals surface area contributed by atoms with E-state index in [-0.39, 0.29) is 43.8 Å². The van der Waals surface area contributed by atoms with E-state index in [0.29, 0.717) is 50.8 Å². The van der Waals surface area contributed by atoms with Crippen molar-refractivity contribution in [3.63, 3.8) is 0 Å². The monoisotopic (exact) mass is 825 g/mol. The van der Waals surface area contributed by atoms with Crippen LogP contribution in [0.1, 0.15) is 76.8 Å². The molecule has 1 heterocycles. The second kappa shape index (κ2) is 19.4. The van der Waals surface area contributed by atoms with Gasteiger partial charge in [0, 0.05) is 61.0 Å². The van der Waals surface area contributed by atoms with Crippen molar-refractivity contribution in [3.8, 4) is 0 Å². The lowest BCUT2D eigenvalue weighted by Gasteiger charge is -2.68. The highest BCUT2D eigenvalue weighted by Crippen LogP contribution is 2.75. The van der Waals surface area contributed by atoms with Gasteiger partial charge in [0.1, 0.15) is 6.29 Å². The van der Waals surface area contributed by atoms with Crippen LogP contribution in [-0.2, 0) is 27.1 Å². The van der Waals surface area contributed by atoms with Crippen molar-refractivity contribution in [1.29, 1.82) is 0 Å². The Bertz CT molecular complexity index is 1900. The molecule has 0 aromatic heterocycles. The molecule has 1 aliphatic heterocycles. The van der Waals surface area contributed by atoms with E-state index in [1.807, 2.05) is 38.3 Å². The number of hydrogen-bond donors (Lipinski definition) is 6. The van der Waals surface area contributed by atoms with Crippen LogP contribution in [-0.4, -0.2) is 104 Å². The molecule has 0 saturated heterocycles. The first-order valence-electron chi connectivity index (χ1n) is 22.3. The maximum Gasteiger partial charge on any atom is 0.145 e. The normalized spacial score (nSPS) is 36.0. The number of carbonyl (C=O) groups excluding carboxylic acids is 1. The third-order valence-corrected chi connectivity index (χ3v) is 15.0. The van der Waals surface area contributed by atoms with Crippen molar-refractivity contribution in [3.05, 3.63) is 118 Å². The van der Waals surface area contributed by atoms with Gasteiger partial charge in [-0.3, -0.25) is 4.79 Å². The van der Waals surface area contributed by atoms with E-state index in [1.54, 1.807) is 7.11 Å². The molecule has 4 aliphatic carbocycles. The molecule has 1 aromatic rings. The van der Waals surface area contributed by atoms with Crippen LogP contribution >= 0.6 is 0 Å². The van der Waals surface area contributed by atoms with Gasteiger partial charge in [-0.05, 0) is 120 Å². The van der Waals surface area contributed by atoms with Crippen molar-refractivity contribution in [2.75, 3.05) is 60.3 Å². The van der Waals surface area contributed by atoms with Gasteiger partial charge in [0.2, 0.25) is 0 Å². The standard InChI is InChI=1S/C51H72N2O7/c1-36-13-14-41(30-39-10-8-11-40(29-39)31-47(4,53-33-36)23-27-59-6)37(2)9-7-12-43(35-60-28-26-55)44-16-18-50-46-45(38(3)34-56)42(32-49(50,57)21-24-52-5)15-17-48(46,22-25-54)19-20-51(44,50)58/h7-13,15,17,19-20,29,34,41-42,44,46,52-55,57-58H,2,14,16,18,21-28,30-33,35H2,1,3-6H3. The van der Waals surface area contributed by atoms with Gasteiger partial charge in [0.05, 0.1) is 31.0 Å². The average molecular weight is 825 g/mol. The minimum atomic E-state index is -1.50. The predicted molar refractivity (Wildman–Crippen MR) is 239 cm³/mol. The van der Waals surface area contributed by atoms with E-state index in [1.165, 1.54) is 16.7 Å². The number of ether oxygens (including phenoxy) is 2. The van der Waals surface area contributed by atoms with Crippen LogP contribution in [0.4, 0.5) is 0 Å². The van der Waals surface area contributed by atoms with Crippen LogP contribution in [0.3, 0.4) is 0 Å². The van der Waals surface area contributed by atoms with Crippen LogP contribution in [0.15, 0.2) is 107 Å². The SMILES string of the molecule is C=C(C=CC=C(COCCO)C1CCC23C4C(=C(C)C=O)C(C=CC4(CCO)C=CC12O)CC3(O)CCNC)C1CC=C(C)CNC(C)(CCOC)Cc2cccc(c2)C1. The molecule has 9 nitrogen and oxygen atoms in total. The number of hydrogen-bond acceptors (Lipinski definition) is 9. The summed E-state index contributed by atoms with van der Waals surface area (Å²) in [6.45, 7) is 13.1. The van der Waals surface area contributed by atoms with Gasteiger partial charge in [0.15, 0.2) is 0 Å². The van der Waals surface area contributed by atoms with Gasteiger partial charge in [-0.1, -0.05) is 96.2 Å². The van der Waals surface area contributed by atoms with Crippen molar-refractivity contribution in [2.45, 2.75) is 95.3 Å². The van der Waals surface area contributed by atoms with Crippen LogP contribution in [0, 0.1) is 34.5 Å². The Balaban J connectivity index is 1.37. The fourth-order valence-electron chi connectivity index (χ4n) is 12.0. The van der Waals surface area contributed by atoms with Crippen molar-refractivity contribution < 1.29 is 34.7 Å². The lowest BCUT2D eigenvalue weighted by atomic mass is 9.37. The summed E-state index contributed by atoms with van der Waals surface area (Å²) in [6.07, 6.45) is 23.5. The molecular formula is C51H72N2O7. The summed E-state index contributed by atoms with van der Waals surface area (Å²) in [5.74, 6) is -0.805. The van der Waals surface area contributed by atoms with Crippen LogP contribution in [0.25, 0.3) is 0 Å². The number of aliphatic hydroxyl groups excluding tert-OH is 2. The maximum atomic E-state index is 13.6. The molecule has 9 heteroatoms. The lowest BCUT2D eigenvalue weighted by Crippen LogP contribution is -2.72. The molecule has 2 saturated carbocycles. The van der Waals surface area contributed by atoms with Gasteiger partial charge in [-0.15, -0.1) is 0 Å². The Morgan fingerprint density at radius 1 is 1.08 bits per heavy atom. The number of allylic oxidation sites excluding steroid dienone is 10. The molecule has 6 N–H and O–H groups in total. The van der Waals surface area contributed by atoms with E-state index < -0.39 is 33.9 Å². The molecule has 5 aliphatic rings. The smallest absolute Gasteiger partial charge is 0.145 e. The molecule has 0 radical (unpaired) electrons. The van der Waals surface area contributed by atoms with Gasteiger partial charge in [-0.25, -0.2) is 0 Å². The van der Waals surface area contributed by atoms with Gasteiger partial charge in [0.25, 0.3) is 0 Å². The van der Waals surface area contributed by atoms with E-state index >= 15 is 0 Å². The molecule has 1 spiro atoms. The average Bonchev–Trinajstić information content (AvgIpc) is 3.55. The number of methoxy groups -OCH3 is 1. The zero-order valence-corrected chi connectivity index (χ0v) is 36.8. The summed E-state index contributed by atoms with van der Waals surface area (Å²) < 4.78 is 11.5. The molecule has 9 atom stereocenters. The van der Waals surface area contributed by atoms with Crippen LogP contribution in [0.2, 0.25) is 0 Å². The number of fused-ring (bicyclic) bond motifs is 3. The van der Waals surface area contributed by atoms with Crippen LogP contribution < -0.4 is 10.6 Å². The summed E-state index contributed by atoms with van der Waals surface area (Å²) in [6, 6.07) is 8.92. The first-order chi connectivity index (χ1) is 28.8. The number of aliphatic hydroxyl groups is 4. The summed E-state index contributed by atoms with van der Waals surface area (Å²) in [7, 11) is 3.63. The maximum absolute atomic E-state index is 13.6. The second-order valence-corrected chi connectivity index (χ2v) is 18.8. The first-order valence-corrected chi connectivity index (χ1v) is 22.3. The predicted octanol–water partition coefficient (Wildman–Crippen LogP) is 6.30. The number of benzene rings is 1. The van der Waals surface area contributed by atoms with E-state index in [4.69, 9.17) is 9.47 Å². The fourth-order valence-corrected chi connectivity index (χ4v) is 12.0. The molecule has 328 valence electrons. The van der Waals surface area contributed by atoms with E-state index in [0.717, 1.165) is 55.2 Å².